The summed E-state index contributed by atoms with van der Waals surface area (Å²) in [7, 11) is 0. The van der Waals surface area contributed by atoms with Gasteiger partial charge in [-0.1, -0.05) is 19.1 Å². The van der Waals surface area contributed by atoms with Crippen molar-refractivity contribution in [1.82, 2.24) is 0 Å². The van der Waals surface area contributed by atoms with Crippen LogP contribution in [0.3, 0.4) is 0 Å². The summed E-state index contributed by atoms with van der Waals surface area (Å²) >= 11 is 0. The van der Waals surface area contributed by atoms with E-state index in [-0.39, 0.29) is 6.10 Å². The van der Waals surface area contributed by atoms with Crippen molar-refractivity contribution in [2.45, 2.75) is 26.4 Å². The Kier molecular flexibility index (Phi) is 4.88. The Morgan fingerprint density at radius 3 is 2.40 bits per heavy atom. The Morgan fingerprint density at radius 1 is 1.05 bits per heavy atom. The van der Waals surface area contributed by atoms with Crippen molar-refractivity contribution in [2.24, 2.45) is 0 Å². The van der Waals surface area contributed by atoms with Crippen molar-refractivity contribution >= 4 is 5.69 Å². The van der Waals surface area contributed by atoms with Crippen LogP contribution in [0.4, 0.5) is 5.69 Å². The van der Waals surface area contributed by atoms with Crippen LogP contribution >= 0.6 is 0 Å². The highest BCUT2D eigenvalue weighted by atomic mass is 16.5. The fourth-order valence-electron chi connectivity index (χ4n) is 1.92. The van der Waals surface area contributed by atoms with Gasteiger partial charge in [-0.3, -0.25) is 0 Å². The van der Waals surface area contributed by atoms with E-state index in [9.17, 15) is 0 Å². The number of nitrogen functional groups attached to an aromatic ring is 1. The molecule has 1 unspecified atom stereocenters. The molecule has 2 aromatic carbocycles. The summed E-state index contributed by atoms with van der Waals surface area (Å²) in [5.41, 5.74) is 7.60. The van der Waals surface area contributed by atoms with Crippen LogP contribution in [0.5, 0.6) is 11.5 Å². The first-order valence-corrected chi connectivity index (χ1v) is 6.94. The van der Waals surface area contributed by atoms with Gasteiger partial charge in [-0.15, -0.1) is 0 Å². The molecule has 3 nitrogen and oxygen atoms in total. The average Bonchev–Trinajstić information content (AvgIpc) is 2.46. The highest BCUT2D eigenvalue weighted by Gasteiger charge is 2.07. The zero-order valence-corrected chi connectivity index (χ0v) is 12.0. The first-order valence-electron chi connectivity index (χ1n) is 6.94. The highest BCUT2D eigenvalue weighted by molar-refractivity contribution is 5.41. The van der Waals surface area contributed by atoms with Crippen LogP contribution in [0.15, 0.2) is 48.5 Å². The number of ether oxygens (including phenoxy) is 2. The summed E-state index contributed by atoms with van der Waals surface area (Å²) in [6.07, 6.45) is 0.964. The van der Waals surface area contributed by atoms with Crippen LogP contribution in [-0.2, 0) is 0 Å². The van der Waals surface area contributed by atoms with Gasteiger partial charge in [0.1, 0.15) is 17.6 Å². The summed E-state index contributed by atoms with van der Waals surface area (Å²) in [5, 5.41) is 0. The van der Waals surface area contributed by atoms with E-state index < -0.39 is 0 Å². The summed E-state index contributed by atoms with van der Waals surface area (Å²) in [4.78, 5) is 0. The van der Waals surface area contributed by atoms with Crippen LogP contribution in [0.1, 0.15) is 31.9 Å². The van der Waals surface area contributed by atoms with Gasteiger partial charge in [-0.2, -0.15) is 0 Å². The lowest BCUT2D eigenvalue weighted by atomic mass is 10.1. The fraction of sp³-hybridized carbons (Fsp3) is 0.294. The Hall–Kier alpha value is -2.16. The molecule has 0 heterocycles. The molecule has 2 N–H and O–H groups in total. The van der Waals surface area contributed by atoms with Crippen LogP contribution in [0.25, 0.3) is 0 Å². The van der Waals surface area contributed by atoms with Gasteiger partial charge in [0.05, 0.1) is 6.61 Å². The van der Waals surface area contributed by atoms with Gasteiger partial charge in [0, 0.05) is 5.69 Å². The molecule has 2 rings (SSSR count). The van der Waals surface area contributed by atoms with Gasteiger partial charge in [0.2, 0.25) is 0 Å². The normalized spacial score (nSPS) is 11.9. The van der Waals surface area contributed by atoms with Crippen LogP contribution in [0.2, 0.25) is 0 Å². The molecule has 2 aromatic rings. The summed E-state index contributed by atoms with van der Waals surface area (Å²) in [6, 6.07) is 15.5. The smallest absolute Gasteiger partial charge is 0.121 e. The Morgan fingerprint density at radius 2 is 1.75 bits per heavy atom. The molecule has 0 saturated carbocycles. The lowest BCUT2D eigenvalue weighted by Crippen LogP contribution is -2.03. The maximum Gasteiger partial charge on any atom is 0.121 e. The third kappa shape index (κ3) is 3.92. The molecule has 0 fully saturated rings. The second-order valence-electron chi connectivity index (χ2n) is 4.75. The third-order valence-electron chi connectivity index (χ3n) is 2.99. The fourth-order valence-corrected chi connectivity index (χ4v) is 1.92. The molecule has 0 bridgehead atoms. The zero-order valence-electron chi connectivity index (χ0n) is 12.0. The highest BCUT2D eigenvalue weighted by Crippen LogP contribution is 2.24. The molecule has 20 heavy (non-hydrogen) atoms. The molecule has 0 spiro atoms. The molecular formula is C17H21NO2. The van der Waals surface area contributed by atoms with Crippen LogP contribution in [-0.4, -0.2) is 6.61 Å². The minimum Gasteiger partial charge on any atom is -0.494 e. The maximum absolute atomic E-state index is 5.90. The van der Waals surface area contributed by atoms with Crippen molar-refractivity contribution < 1.29 is 9.47 Å². The lowest BCUT2D eigenvalue weighted by Gasteiger charge is -2.16. The maximum atomic E-state index is 5.90. The third-order valence-corrected chi connectivity index (χ3v) is 2.99. The topological polar surface area (TPSA) is 44.5 Å². The van der Waals surface area contributed by atoms with E-state index in [0.717, 1.165) is 35.8 Å². The van der Waals surface area contributed by atoms with Crippen molar-refractivity contribution in [3.8, 4) is 11.5 Å². The quantitative estimate of drug-likeness (QED) is 0.801. The monoisotopic (exact) mass is 271 g/mol. The molecule has 0 aromatic heterocycles. The summed E-state index contributed by atoms with van der Waals surface area (Å²) in [5.74, 6) is 1.69. The molecule has 0 aliphatic carbocycles. The number of hydrogen-bond donors (Lipinski definition) is 1. The molecule has 0 saturated heterocycles. The molecule has 3 heteroatoms. The largest absolute Gasteiger partial charge is 0.494 e. The first-order chi connectivity index (χ1) is 9.69. The number of benzene rings is 2. The van der Waals surface area contributed by atoms with Gasteiger partial charge in [-0.25, -0.2) is 0 Å². The SMILES string of the molecule is CCCOc1ccc(OC(C)c2cccc(N)c2)cc1. The van der Waals surface area contributed by atoms with Crippen LogP contribution < -0.4 is 15.2 Å². The van der Waals surface area contributed by atoms with Crippen molar-refractivity contribution in [3.05, 3.63) is 54.1 Å². The van der Waals surface area contributed by atoms with Gasteiger partial charge >= 0.3 is 0 Å². The number of hydrogen-bond acceptors (Lipinski definition) is 3. The van der Waals surface area contributed by atoms with E-state index in [2.05, 4.69) is 6.92 Å². The lowest BCUT2D eigenvalue weighted by molar-refractivity contribution is 0.226. The predicted molar refractivity (Wildman–Crippen MR) is 82.1 cm³/mol. The number of anilines is 1. The minimum absolute atomic E-state index is 0.0408. The van der Waals surface area contributed by atoms with Gasteiger partial charge in [0.25, 0.3) is 0 Å². The molecule has 0 aliphatic heterocycles. The number of nitrogens with two attached hydrogens (primary N) is 1. The van der Waals surface area contributed by atoms with E-state index in [0.29, 0.717) is 0 Å². The molecule has 1 atom stereocenters. The van der Waals surface area contributed by atoms with E-state index in [1.165, 1.54) is 0 Å². The Balaban J connectivity index is 1.99. The Bertz CT molecular complexity index is 537. The average molecular weight is 271 g/mol. The molecule has 0 aliphatic rings. The van der Waals surface area contributed by atoms with Gasteiger partial charge in [-0.05, 0) is 55.3 Å². The second-order valence-corrected chi connectivity index (χ2v) is 4.75. The molecule has 0 radical (unpaired) electrons. The van der Waals surface area contributed by atoms with E-state index >= 15 is 0 Å². The van der Waals surface area contributed by atoms with Gasteiger partial charge in [0.15, 0.2) is 0 Å². The first kappa shape index (κ1) is 14.3. The predicted octanol–water partition coefficient (Wildman–Crippen LogP) is 4.20. The van der Waals surface area contributed by atoms with E-state index in [1.807, 2.05) is 55.5 Å². The summed E-state index contributed by atoms with van der Waals surface area (Å²) < 4.78 is 11.4. The molecule has 106 valence electrons. The second kappa shape index (κ2) is 6.85. The molecule has 0 amide bonds. The Labute approximate surface area is 120 Å². The summed E-state index contributed by atoms with van der Waals surface area (Å²) in [6.45, 7) is 4.83. The van der Waals surface area contributed by atoms with Crippen molar-refractivity contribution in [3.63, 3.8) is 0 Å². The van der Waals surface area contributed by atoms with Crippen molar-refractivity contribution in [2.75, 3.05) is 12.3 Å². The number of rotatable bonds is 6. The zero-order chi connectivity index (χ0) is 14.4. The minimum atomic E-state index is -0.0408. The van der Waals surface area contributed by atoms with Crippen molar-refractivity contribution in [1.29, 1.82) is 0 Å². The molecular weight excluding hydrogens is 250 g/mol. The van der Waals surface area contributed by atoms with E-state index in [1.54, 1.807) is 0 Å². The van der Waals surface area contributed by atoms with Crippen LogP contribution in [0, 0.1) is 0 Å². The standard InChI is InChI=1S/C17H21NO2/c1-3-11-19-16-7-9-17(10-8-16)20-13(2)14-5-4-6-15(18)12-14/h4-10,12-13H,3,11,18H2,1-2H3. The van der Waals surface area contributed by atoms with Gasteiger partial charge < -0.3 is 15.2 Å². The van der Waals surface area contributed by atoms with E-state index in [4.69, 9.17) is 15.2 Å².